The molecular weight excluding hydrogens is 200 g/mol. The number of carbonyl (C=O) groups excluding carboxylic acids is 1. The minimum Gasteiger partial charge on any atom is -0.342 e. The van der Waals surface area contributed by atoms with E-state index in [4.69, 9.17) is 0 Å². The van der Waals surface area contributed by atoms with Crippen LogP contribution in [0.1, 0.15) is 46.5 Å². The van der Waals surface area contributed by atoms with E-state index < -0.39 is 0 Å². The maximum Gasteiger partial charge on any atom is 0.222 e. The highest BCUT2D eigenvalue weighted by Crippen LogP contribution is 2.21. The molecule has 1 atom stereocenters. The third kappa shape index (κ3) is 4.52. The Morgan fingerprint density at radius 3 is 2.88 bits per heavy atom. The molecule has 1 N–H and O–H groups in total. The van der Waals surface area contributed by atoms with E-state index in [0.29, 0.717) is 17.9 Å². The van der Waals surface area contributed by atoms with E-state index in [1.165, 1.54) is 12.8 Å². The van der Waals surface area contributed by atoms with Crippen LogP contribution in [0.25, 0.3) is 0 Å². The SMILES string of the molecule is CCCC1CC(=O)N(CCCNC(C)C)C1. The van der Waals surface area contributed by atoms with Crippen LogP contribution in [0.3, 0.4) is 0 Å². The fourth-order valence-corrected chi connectivity index (χ4v) is 2.33. The van der Waals surface area contributed by atoms with Crippen molar-refractivity contribution in [1.29, 1.82) is 0 Å². The summed E-state index contributed by atoms with van der Waals surface area (Å²) >= 11 is 0. The Balaban J connectivity index is 2.15. The number of hydrogen-bond acceptors (Lipinski definition) is 2. The zero-order chi connectivity index (χ0) is 12.0. The van der Waals surface area contributed by atoms with Gasteiger partial charge in [-0.1, -0.05) is 27.2 Å². The van der Waals surface area contributed by atoms with Crippen molar-refractivity contribution >= 4 is 5.91 Å². The van der Waals surface area contributed by atoms with Gasteiger partial charge in [0.05, 0.1) is 0 Å². The Kier molecular flexibility index (Phi) is 5.81. The lowest BCUT2D eigenvalue weighted by Crippen LogP contribution is -2.30. The van der Waals surface area contributed by atoms with Gasteiger partial charge in [0, 0.05) is 25.6 Å². The van der Waals surface area contributed by atoms with Crippen LogP contribution in [-0.2, 0) is 4.79 Å². The van der Waals surface area contributed by atoms with Crippen molar-refractivity contribution in [2.24, 2.45) is 5.92 Å². The quantitative estimate of drug-likeness (QED) is 0.674. The van der Waals surface area contributed by atoms with Crippen LogP contribution in [0.15, 0.2) is 0 Å². The minimum absolute atomic E-state index is 0.364. The summed E-state index contributed by atoms with van der Waals surface area (Å²) in [6.07, 6.45) is 4.25. The highest BCUT2D eigenvalue weighted by molar-refractivity contribution is 5.78. The van der Waals surface area contributed by atoms with Crippen LogP contribution < -0.4 is 5.32 Å². The molecular formula is C13H26N2O. The van der Waals surface area contributed by atoms with Gasteiger partial charge in [0.15, 0.2) is 0 Å². The summed E-state index contributed by atoms with van der Waals surface area (Å²) in [6.45, 7) is 9.43. The minimum atomic E-state index is 0.364. The summed E-state index contributed by atoms with van der Waals surface area (Å²) in [6, 6.07) is 0.544. The Bertz CT molecular complexity index is 216. The molecule has 0 aliphatic carbocycles. The van der Waals surface area contributed by atoms with Crippen molar-refractivity contribution in [1.82, 2.24) is 10.2 Å². The Morgan fingerprint density at radius 1 is 1.50 bits per heavy atom. The molecule has 0 saturated carbocycles. The maximum absolute atomic E-state index is 11.7. The normalized spacial score (nSPS) is 21.1. The van der Waals surface area contributed by atoms with E-state index in [2.05, 4.69) is 26.1 Å². The lowest BCUT2D eigenvalue weighted by atomic mass is 10.0. The van der Waals surface area contributed by atoms with Crippen LogP contribution in [-0.4, -0.2) is 36.5 Å². The first kappa shape index (κ1) is 13.5. The number of nitrogens with zero attached hydrogens (tertiary/aromatic N) is 1. The van der Waals surface area contributed by atoms with E-state index in [-0.39, 0.29) is 0 Å². The standard InChI is InChI=1S/C13H26N2O/c1-4-6-12-9-13(16)15(10-12)8-5-7-14-11(2)3/h11-12,14H,4-10H2,1-3H3. The van der Waals surface area contributed by atoms with Crippen LogP contribution in [0, 0.1) is 5.92 Å². The molecule has 3 nitrogen and oxygen atoms in total. The van der Waals surface area contributed by atoms with Gasteiger partial charge in [-0.15, -0.1) is 0 Å². The van der Waals surface area contributed by atoms with Gasteiger partial charge in [-0.05, 0) is 25.3 Å². The van der Waals surface area contributed by atoms with Crippen LogP contribution >= 0.6 is 0 Å². The molecule has 0 radical (unpaired) electrons. The molecule has 1 saturated heterocycles. The number of hydrogen-bond donors (Lipinski definition) is 1. The van der Waals surface area contributed by atoms with Crippen LogP contribution in [0.4, 0.5) is 0 Å². The number of nitrogens with one attached hydrogen (secondary N) is 1. The molecule has 1 aliphatic rings. The first-order valence-electron chi connectivity index (χ1n) is 6.64. The van der Waals surface area contributed by atoms with Crippen molar-refractivity contribution in [2.75, 3.05) is 19.6 Å². The molecule has 1 amide bonds. The zero-order valence-corrected chi connectivity index (χ0v) is 11.0. The first-order valence-corrected chi connectivity index (χ1v) is 6.64. The number of likely N-dealkylation sites (tertiary alicyclic amines) is 1. The molecule has 1 aliphatic heterocycles. The van der Waals surface area contributed by atoms with E-state index in [1.54, 1.807) is 0 Å². The first-order chi connectivity index (χ1) is 7.63. The van der Waals surface area contributed by atoms with Crippen molar-refractivity contribution < 1.29 is 4.79 Å². The monoisotopic (exact) mass is 226 g/mol. The fraction of sp³-hybridized carbons (Fsp3) is 0.923. The lowest BCUT2D eigenvalue weighted by molar-refractivity contribution is -0.127. The molecule has 94 valence electrons. The molecule has 0 aromatic heterocycles. The molecule has 1 fully saturated rings. The summed E-state index contributed by atoms with van der Waals surface area (Å²) in [5.41, 5.74) is 0. The second kappa shape index (κ2) is 6.89. The molecule has 3 heteroatoms. The molecule has 1 rings (SSSR count). The van der Waals surface area contributed by atoms with Crippen LogP contribution in [0.2, 0.25) is 0 Å². The van der Waals surface area contributed by atoms with Gasteiger partial charge in [0.1, 0.15) is 0 Å². The predicted octanol–water partition coefficient (Wildman–Crippen LogP) is 2.02. The maximum atomic E-state index is 11.7. The Labute approximate surface area is 99.6 Å². The van der Waals surface area contributed by atoms with Crippen molar-refractivity contribution in [3.8, 4) is 0 Å². The van der Waals surface area contributed by atoms with Gasteiger partial charge in [-0.3, -0.25) is 4.79 Å². The second-order valence-electron chi connectivity index (χ2n) is 5.16. The smallest absolute Gasteiger partial charge is 0.222 e. The lowest BCUT2D eigenvalue weighted by Gasteiger charge is -2.17. The van der Waals surface area contributed by atoms with E-state index in [0.717, 1.165) is 32.5 Å². The largest absolute Gasteiger partial charge is 0.342 e. The molecule has 1 unspecified atom stereocenters. The van der Waals surface area contributed by atoms with Gasteiger partial charge in [0.2, 0.25) is 5.91 Å². The Morgan fingerprint density at radius 2 is 2.25 bits per heavy atom. The molecule has 16 heavy (non-hydrogen) atoms. The van der Waals surface area contributed by atoms with E-state index in [9.17, 15) is 4.79 Å². The molecule has 1 heterocycles. The van der Waals surface area contributed by atoms with Gasteiger partial charge in [-0.2, -0.15) is 0 Å². The molecule has 0 bridgehead atoms. The average molecular weight is 226 g/mol. The predicted molar refractivity (Wildman–Crippen MR) is 67.4 cm³/mol. The number of amides is 1. The summed E-state index contributed by atoms with van der Waals surface area (Å²) < 4.78 is 0. The second-order valence-corrected chi connectivity index (χ2v) is 5.16. The van der Waals surface area contributed by atoms with Crippen molar-refractivity contribution in [3.05, 3.63) is 0 Å². The van der Waals surface area contributed by atoms with Gasteiger partial charge in [0.25, 0.3) is 0 Å². The summed E-state index contributed by atoms with van der Waals surface area (Å²) in [5, 5.41) is 3.38. The highest BCUT2D eigenvalue weighted by Gasteiger charge is 2.27. The third-order valence-electron chi connectivity index (χ3n) is 3.15. The van der Waals surface area contributed by atoms with Crippen molar-refractivity contribution in [3.63, 3.8) is 0 Å². The fourth-order valence-electron chi connectivity index (χ4n) is 2.33. The van der Waals surface area contributed by atoms with E-state index in [1.807, 2.05) is 4.90 Å². The average Bonchev–Trinajstić information content (AvgIpc) is 2.54. The summed E-state index contributed by atoms with van der Waals surface area (Å²) in [4.78, 5) is 13.7. The topological polar surface area (TPSA) is 32.3 Å². The zero-order valence-electron chi connectivity index (χ0n) is 11.0. The molecule has 0 spiro atoms. The summed E-state index contributed by atoms with van der Waals surface area (Å²) in [7, 11) is 0. The van der Waals surface area contributed by atoms with Gasteiger partial charge in [-0.25, -0.2) is 0 Å². The Hall–Kier alpha value is -0.570. The third-order valence-corrected chi connectivity index (χ3v) is 3.15. The van der Waals surface area contributed by atoms with E-state index >= 15 is 0 Å². The number of rotatable bonds is 7. The van der Waals surface area contributed by atoms with Crippen molar-refractivity contribution in [2.45, 2.75) is 52.5 Å². The molecule has 0 aromatic carbocycles. The van der Waals surface area contributed by atoms with Gasteiger partial charge < -0.3 is 10.2 Å². The highest BCUT2D eigenvalue weighted by atomic mass is 16.2. The summed E-state index contributed by atoms with van der Waals surface area (Å²) in [5.74, 6) is 0.985. The van der Waals surface area contributed by atoms with Gasteiger partial charge >= 0.3 is 0 Å². The number of carbonyl (C=O) groups is 1. The van der Waals surface area contributed by atoms with Crippen LogP contribution in [0.5, 0.6) is 0 Å². The molecule has 0 aromatic rings.